The highest BCUT2D eigenvalue weighted by atomic mass is 32.1. The lowest BCUT2D eigenvalue weighted by Gasteiger charge is -2.20. The maximum absolute atomic E-state index is 12.1. The van der Waals surface area contributed by atoms with Gasteiger partial charge in [0.25, 0.3) is 5.91 Å². The lowest BCUT2D eigenvalue weighted by molar-refractivity contribution is -0.121. The number of likely N-dealkylation sites (N-methyl/N-ethyl adjacent to an activating group) is 1. The van der Waals surface area contributed by atoms with Crippen molar-refractivity contribution >= 4 is 28.8 Å². The van der Waals surface area contributed by atoms with Crippen LogP contribution in [0.2, 0.25) is 0 Å². The molecule has 1 heterocycles. The Labute approximate surface area is 105 Å². The van der Waals surface area contributed by atoms with Crippen molar-refractivity contribution < 1.29 is 9.59 Å². The zero-order valence-corrected chi connectivity index (χ0v) is 10.8. The molecule has 0 bridgehead atoms. The second-order valence-corrected chi connectivity index (χ2v) is 4.52. The zero-order valence-electron chi connectivity index (χ0n) is 10.0. The van der Waals surface area contributed by atoms with E-state index in [1.807, 2.05) is 6.92 Å². The Morgan fingerprint density at radius 3 is 2.71 bits per heavy atom. The second-order valence-electron chi connectivity index (χ2n) is 3.60. The smallest absolute Gasteiger partial charge is 0.266 e. The summed E-state index contributed by atoms with van der Waals surface area (Å²) in [6.45, 7) is 2.58. The van der Waals surface area contributed by atoms with Crippen molar-refractivity contribution in [2.45, 2.75) is 13.3 Å². The first-order chi connectivity index (χ1) is 8.10. The molecule has 1 rings (SSSR count). The molecule has 17 heavy (non-hydrogen) atoms. The summed E-state index contributed by atoms with van der Waals surface area (Å²) in [6, 6.07) is 1.70. The van der Waals surface area contributed by atoms with Crippen LogP contribution in [0.1, 0.15) is 23.0 Å². The van der Waals surface area contributed by atoms with E-state index in [0.717, 1.165) is 6.42 Å². The number of anilines is 1. The fraction of sp³-hybridized carbons (Fsp3) is 0.455. The second kappa shape index (κ2) is 6.24. The van der Waals surface area contributed by atoms with Gasteiger partial charge in [0.05, 0.1) is 12.2 Å². The van der Waals surface area contributed by atoms with Gasteiger partial charge in [-0.2, -0.15) is 0 Å². The number of nitrogens with zero attached hydrogens (tertiary/aromatic N) is 1. The number of thiophene rings is 1. The minimum absolute atomic E-state index is 0.0700. The largest absolute Gasteiger partial charge is 0.397 e. The fourth-order valence-electron chi connectivity index (χ4n) is 1.41. The maximum atomic E-state index is 12.1. The Balaban J connectivity index is 2.80. The molecule has 0 aromatic carbocycles. The SMILES string of the molecule is CCCN(CC(=O)NC)C(=O)c1sccc1N. The van der Waals surface area contributed by atoms with Crippen LogP contribution in [-0.4, -0.2) is 36.9 Å². The first-order valence-electron chi connectivity index (χ1n) is 5.43. The number of nitrogens with one attached hydrogen (secondary N) is 1. The molecule has 0 saturated carbocycles. The molecular formula is C11H17N3O2S. The number of nitrogens with two attached hydrogens (primary N) is 1. The van der Waals surface area contributed by atoms with E-state index in [2.05, 4.69) is 5.32 Å². The van der Waals surface area contributed by atoms with Gasteiger partial charge in [0, 0.05) is 13.6 Å². The van der Waals surface area contributed by atoms with Crippen LogP contribution in [0.4, 0.5) is 5.69 Å². The number of rotatable bonds is 5. The maximum Gasteiger partial charge on any atom is 0.266 e. The van der Waals surface area contributed by atoms with Gasteiger partial charge in [-0.3, -0.25) is 9.59 Å². The van der Waals surface area contributed by atoms with Crippen molar-refractivity contribution in [1.29, 1.82) is 0 Å². The molecule has 0 unspecified atom stereocenters. The Morgan fingerprint density at radius 2 is 2.24 bits per heavy atom. The lowest BCUT2D eigenvalue weighted by Crippen LogP contribution is -2.40. The molecule has 0 spiro atoms. The Hall–Kier alpha value is -1.56. The quantitative estimate of drug-likeness (QED) is 0.821. The molecule has 6 heteroatoms. The summed E-state index contributed by atoms with van der Waals surface area (Å²) in [6.07, 6.45) is 0.800. The van der Waals surface area contributed by atoms with Crippen LogP contribution in [0.15, 0.2) is 11.4 Å². The summed E-state index contributed by atoms with van der Waals surface area (Å²) in [7, 11) is 1.55. The minimum atomic E-state index is -0.179. The molecule has 0 saturated heterocycles. The molecule has 94 valence electrons. The Kier molecular flexibility index (Phi) is 4.96. The van der Waals surface area contributed by atoms with Crippen molar-refractivity contribution in [3.63, 3.8) is 0 Å². The minimum Gasteiger partial charge on any atom is -0.397 e. The average Bonchev–Trinajstić information content (AvgIpc) is 2.73. The summed E-state index contributed by atoms with van der Waals surface area (Å²) < 4.78 is 0. The van der Waals surface area contributed by atoms with Gasteiger partial charge in [0.2, 0.25) is 5.91 Å². The van der Waals surface area contributed by atoms with Crippen molar-refractivity contribution in [1.82, 2.24) is 10.2 Å². The van der Waals surface area contributed by atoms with Gasteiger partial charge < -0.3 is 16.0 Å². The third-order valence-corrected chi connectivity index (χ3v) is 3.20. The molecule has 5 nitrogen and oxygen atoms in total. The van der Waals surface area contributed by atoms with Crippen LogP contribution in [0.25, 0.3) is 0 Å². The van der Waals surface area contributed by atoms with Crippen molar-refractivity contribution in [2.75, 3.05) is 25.9 Å². The monoisotopic (exact) mass is 255 g/mol. The third-order valence-electron chi connectivity index (χ3n) is 2.28. The van der Waals surface area contributed by atoms with Gasteiger partial charge in [0.1, 0.15) is 4.88 Å². The van der Waals surface area contributed by atoms with Gasteiger partial charge in [-0.05, 0) is 17.9 Å². The van der Waals surface area contributed by atoms with Crippen LogP contribution >= 0.6 is 11.3 Å². The summed E-state index contributed by atoms with van der Waals surface area (Å²) in [5, 5.41) is 4.28. The molecule has 0 radical (unpaired) electrons. The van der Waals surface area contributed by atoms with E-state index in [-0.39, 0.29) is 18.4 Å². The van der Waals surface area contributed by atoms with E-state index in [1.165, 1.54) is 16.2 Å². The number of nitrogen functional groups attached to an aromatic ring is 1. The van der Waals surface area contributed by atoms with Crippen LogP contribution < -0.4 is 11.1 Å². The summed E-state index contributed by atoms with van der Waals surface area (Å²) in [4.78, 5) is 25.5. The summed E-state index contributed by atoms with van der Waals surface area (Å²) in [5.41, 5.74) is 6.17. The lowest BCUT2D eigenvalue weighted by atomic mass is 10.3. The number of carbonyl (C=O) groups is 2. The van der Waals surface area contributed by atoms with Crippen LogP contribution in [0.5, 0.6) is 0 Å². The molecule has 0 aliphatic rings. The molecule has 0 aliphatic heterocycles. The predicted molar refractivity (Wildman–Crippen MR) is 69.0 cm³/mol. The molecule has 1 aromatic rings. The first-order valence-corrected chi connectivity index (χ1v) is 6.31. The van der Waals surface area contributed by atoms with Gasteiger partial charge in [-0.1, -0.05) is 6.92 Å². The van der Waals surface area contributed by atoms with Gasteiger partial charge in [-0.25, -0.2) is 0 Å². The van der Waals surface area contributed by atoms with E-state index < -0.39 is 0 Å². The van der Waals surface area contributed by atoms with Crippen molar-refractivity contribution in [3.05, 3.63) is 16.3 Å². The highest BCUT2D eigenvalue weighted by Gasteiger charge is 2.20. The molecule has 2 amide bonds. The number of carbonyl (C=O) groups excluding carboxylic acids is 2. The van der Waals surface area contributed by atoms with Crippen molar-refractivity contribution in [3.8, 4) is 0 Å². The zero-order chi connectivity index (χ0) is 12.8. The van der Waals surface area contributed by atoms with Gasteiger partial charge in [0.15, 0.2) is 0 Å². The van der Waals surface area contributed by atoms with Crippen LogP contribution in [0.3, 0.4) is 0 Å². The first kappa shape index (κ1) is 13.5. The van der Waals surface area contributed by atoms with E-state index in [1.54, 1.807) is 18.5 Å². The summed E-state index contributed by atoms with van der Waals surface area (Å²) in [5.74, 6) is -0.357. The predicted octanol–water partition coefficient (Wildman–Crippen LogP) is 0.928. The summed E-state index contributed by atoms with van der Waals surface area (Å²) >= 11 is 1.30. The topological polar surface area (TPSA) is 75.4 Å². The average molecular weight is 255 g/mol. The fourth-order valence-corrected chi connectivity index (χ4v) is 2.20. The number of amides is 2. The molecule has 3 N–H and O–H groups in total. The molecule has 0 aliphatic carbocycles. The molecule has 1 aromatic heterocycles. The van der Waals surface area contributed by atoms with Crippen LogP contribution in [-0.2, 0) is 4.79 Å². The van der Waals surface area contributed by atoms with Gasteiger partial charge in [-0.15, -0.1) is 11.3 Å². The highest BCUT2D eigenvalue weighted by Crippen LogP contribution is 2.20. The standard InChI is InChI=1S/C11H17N3O2S/c1-3-5-14(7-9(15)13-2)11(16)10-8(12)4-6-17-10/h4,6H,3,5,7,12H2,1-2H3,(H,13,15). The van der Waals surface area contributed by atoms with E-state index in [4.69, 9.17) is 5.73 Å². The van der Waals surface area contributed by atoms with Crippen molar-refractivity contribution in [2.24, 2.45) is 0 Å². The third kappa shape index (κ3) is 3.45. The number of hydrogen-bond donors (Lipinski definition) is 2. The normalized spacial score (nSPS) is 10.0. The van der Waals surface area contributed by atoms with Gasteiger partial charge >= 0.3 is 0 Å². The molecule has 0 fully saturated rings. The number of hydrogen-bond acceptors (Lipinski definition) is 4. The Bertz CT molecular complexity index is 403. The van der Waals surface area contributed by atoms with Crippen LogP contribution in [0, 0.1) is 0 Å². The van der Waals surface area contributed by atoms with E-state index in [9.17, 15) is 9.59 Å². The molecular weight excluding hydrogens is 238 g/mol. The highest BCUT2D eigenvalue weighted by molar-refractivity contribution is 7.12. The van der Waals surface area contributed by atoms with E-state index in [0.29, 0.717) is 17.1 Å². The Morgan fingerprint density at radius 1 is 1.53 bits per heavy atom. The molecule has 0 atom stereocenters. The van der Waals surface area contributed by atoms with E-state index >= 15 is 0 Å².